The molecule has 0 saturated carbocycles. The summed E-state index contributed by atoms with van der Waals surface area (Å²) in [5.74, 6) is 0. The van der Waals surface area contributed by atoms with Crippen molar-refractivity contribution in [1.82, 2.24) is 0 Å². The van der Waals surface area contributed by atoms with Gasteiger partial charge in [0, 0.05) is 0 Å². The van der Waals surface area contributed by atoms with Crippen molar-refractivity contribution in [2.45, 2.75) is 40.5 Å². The molecule has 0 aromatic carbocycles. The van der Waals surface area contributed by atoms with Crippen LogP contribution in [-0.2, 0) is 24.2 Å². The summed E-state index contributed by atoms with van der Waals surface area (Å²) in [5.41, 5.74) is 2.69. The van der Waals surface area contributed by atoms with Gasteiger partial charge in [-0.25, -0.2) is 23.3 Å². The minimum absolute atomic E-state index is 1.02. The summed E-state index contributed by atoms with van der Waals surface area (Å²) in [6.45, 7) is 8.41. The SMILES string of the molecule is CC1=CC[C-]=C1.CC1=CC[C-]=C1.C[C](C)=[Zr+2]. The van der Waals surface area contributed by atoms with E-state index in [1.807, 2.05) is 12.2 Å². The van der Waals surface area contributed by atoms with Gasteiger partial charge in [-0.3, -0.25) is 12.2 Å². The molecule has 2 rings (SSSR count). The Bertz CT molecular complexity index is 290. The molecule has 0 N–H and O–H groups in total. The maximum absolute atomic E-state index is 3.05. The molecule has 0 spiro atoms. The second-order valence-corrected chi connectivity index (χ2v) is 6.46. The Morgan fingerprint density at radius 3 is 1.38 bits per heavy atom. The molecule has 0 radical (unpaired) electrons. The van der Waals surface area contributed by atoms with E-state index in [2.05, 4.69) is 52.0 Å². The monoisotopic (exact) mass is 290 g/mol. The van der Waals surface area contributed by atoms with Gasteiger partial charge in [0.1, 0.15) is 0 Å². The Morgan fingerprint density at radius 2 is 1.31 bits per heavy atom. The van der Waals surface area contributed by atoms with E-state index in [0.717, 1.165) is 12.8 Å². The van der Waals surface area contributed by atoms with E-state index in [9.17, 15) is 0 Å². The van der Waals surface area contributed by atoms with Crippen LogP contribution in [0, 0.1) is 12.2 Å². The van der Waals surface area contributed by atoms with Gasteiger partial charge in [-0.1, -0.05) is 0 Å². The summed E-state index contributed by atoms with van der Waals surface area (Å²) < 4.78 is 1.51. The predicted molar refractivity (Wildman–Crippen MR) is 68.7 cm³/mol. The number of allylic oxidation sites excluding steroid dienone is 8. The van der Waals surface area contributed by atoms with E-state index < -0.39 is 0 Å². The van der Waals surface area contributed by atoms with Crippen molar-refractivity contribution in [1.29, 1.82) is 0 Å². The molecule has 84 valence electrons. The zero-order valence-electron chi connectivity index (χ0n) is 10.7. The van der Waals surface area contributed by atoms with E-state index in [0.29, 0.717) is 0 Å². The van der Waals surface area contributed by atoms with Crippen molar-refractivity contribution in [2.24, 2.45) is 0 Å². The quantitative estimate of drug-likeness (QED) is 0.589. The van der Waals surface area contributed by atoms with Crippen LogP contribution in [0.4, 0.5) is 0 Å². The number of rotatable bonds is 0. The van der Waals surface area contributed by atoms with Crippen LogP contribution in [-0.4, -0.2) is 3.21 Å². The van der Waals surface area contributed by atoms with E-state index in [1.54, 1.807) is 24.2 Å². The maximum atomic E-state index is 3.05. The first kappa shape index (κ1) is 15.7. The van der Waals surface area contributed by atoms with Crippen molar-refractivity contribution in [2.75, 3.05) is 0 Å². The molecule has 0 bridgehead atoms. The van der Waals surface area contributed by atoms with Crippen LogP contribution in [0.5, 0.6) is 0 Å². The standard InChI is InChI=1S/2C6H7.C3H6.Zr/c2*1-6-4-2-3-5-6;1-3-2;/h2*4-5H,2H2,1H3;1-2H3;/q2*-1;;+2. The van der Waals surface area contributed by atoms with Gasteiger partial charge in [0.25, 0.3) is 0 Å². The average molecular weight is 292 g/mol. The van der Waals surface area contributed by atoms with Gasteiger partial charge in [-0.05, 0) is 0 Å². The molecular weight excluding hydrogens is 271 g/mol. The molecule has 0 fully saturated rings. The summed E-state index contributed by atoms with van der Waals surface area (Å²) in [6, 6.07) is 0. The fourth-order valence-electron chi connectivity index (χ4n) is 0.998. The zero-order chi connectivity index (χ0) is 12.4. The Balaban J connectivity index is 0.000000217. The van der Waals surface area contributed by atoms with Crippen molar-refractivity contribution >= 4 is 3.21 Å². The zero-order valence-corrected chi connectivity index (χ0v) is 13.2. The van der Waals surface area contributed by atoms with Gasteiger partial charge in [0.05, 0.1) is 0 Å². The predicted octanol–water partition coefficient (Wildman–Crippen LogP) is 4.14. The Labute approximate surface area is 115 Å². The van der Waals surface area contributed by atoms with Gasteiger partial charge >= 0.3 is 41.3 Å². The van der Waals surface area contributed by atoms with Crippen LogP contribution in [0.15, 0.2) is 35.5 Å². The first-order valence-corrected chi connectivity index (χ1v) is 6.73. The third-order valence-corrected chi connectivity index (χ3v) is 1.74. The van der Waals surface area contributed by atoms with E-state index in [1.165, 1.54) is 14.4 Å². The second-order valence-electron chi connectivity index (χ2n) is 4.00. The average Bonchev–Trinajstić information content (AvgIpc) is 2.78. The van der Waals surface area contributed by atoms with Crippen LogP contribution in [0.25, 0.3) is 0 Å². The molecule has 16 heavy (non-hydrogen) atoms. The Hall–Kier alpha value is -0.287. The van der Waals surface area contributed by atoms with Crippen molar-refractivity contribution < 1.29 is 24.2 Å². The first-order chi connectivity index (χ1) is 7.52. The second kappa shape index (κ2) is 9.91. The summed E-state index contributed by atoms with van der Waals surface area (Å²) in [7, 11) is 0. The van der Waals surface area contributed by atoms with Crippen LogP contribution < -0.4 is 0 Å². The van der Waals surface area contributed by atoms with Crippen LogP contribution >= 0.6 is 0 Å². The fraction of sp³-hybridized carbons (Fsp3) is 0.400. The van der Waals surface area contributed by atoms with Crippen molar-refractivity contribution in [3.63, 3.8) is 0 Å². The van der Waals surface area contributed by atoms with E-state index in [4.69, 9.17) is 0 Å². The fourth-order valence-corrected chi connectivity index (χ4v) is 0.998. The molecule has 0 aliphatic heterocycles. The topological polar surface area (TPSA) is 0 Å². The Morgan fingerprint density at radius 1 is 1.00 bits per heavy atom. The molecule has 0 amide bonds. The normalized spacial score (nSPS) is 15.6. The summed E-state index contributed by atoms with van der Waals surface area (Å²) in [6.07, 6.45) is 16.5. The van der Waals surface area contributed by atoms with Crippen LogP contribution in [0.1, 0.15) is 40.5 Å². The van der Waals surface area contributed by atoms with E-state index >= 15 is 0 Å². The molecule has 0 aromatic rings. The molecule has 0 atom stereocenters. The first-order valence-electron chi connectivity index (χ1n) is 5.51. The van der Waals surface area contributed by atoms with E-state index in [-0.39, 0.29) is 0 Å². The van der Waals surface area contributed by atoms with Gasteiger partial charge < -0.3 is 0 Å². The molecule has 0 saturated heterocycles. The molecular formula is C15H20Zr. The van der Waals surface area contributed by atoms with Crippen molar-refractivity contribution in [3.8, 4) is 0 Å². The number of hydrogen-bond donors (Lipinski definition) is 0. The van der Waals surface area contributed by atoms with Gasteiger partial charge in [-0.15, -0.1) is 26.7 Å². The Kier molecular flexibility index (Phi) is 9.73. The summed E-state index contributed by atoms with van der Waals surface area (Å²) in [4.78, 5) is 0. The third-order valence-electron chi connectivity index (χ3n) is 1.74. The molecule has 0 nitrogen and oxygen atoms in total. The van der Waals surface area contributed by atoms with Gasteiger partial charge in [0.15, 0.2) is 0 Å². The van der Waals surface area contributed by atoms with Crippen LogP contribution in [0.2, 0.25) is 0 Å². The van der Waals surface area contributed by atoms with Crippen molar-refractivity contribution in [3.05, 3.63) is 47.6 Å². The third kappa shape index (κ3) is 11.8. The molecule has 0 aromatic heterocycles. The van der Waals surface area contributed by atoms with Crippen LogP contribution in [0.3, 0.4) is 0 Å². The molecule has 2 aliphatic carbocycles. The molecule has 1 heteroatoms. The van der Waals surface area contributed by atoms with Gasteiger partial charge in [-0.2, -0.15) is 12.2 Å². The molecule has 2 aliphatic rings. The number of hydrogen-bond acceptors (Lipinski definition) is 0. The summed E-state index contributed by atoms with van der Waals surface area (Å²) in [5, 5.41) is 0. The molecule has 0 heterocycles. The van der Waals surface area contributed by atoms with Gasteiger partial charge in [0.2, 0.25) is 0 Å². The molecule has 0 unspecified atom stereocenters. The summed E-state index contributed by atoms with van der Waals surface area (Å²) >= 11 is 1.55. The minimum atomic E-state index is 1.02.